The molecule has 0 amide bonds. The minimum absolute atomic E-state index is 0. The Morgan fingerprint density at radius 3 is 2.56 bits per heavy atom. The molecule has 2 N–H and O–H groups in total. The van der Waals surface area contributed by atoms with E-state index in [1.165, 1.54) is 12.1 Å². The van der Waals surface area contributed by atoms with Crippen molar-refractivity contribution in [3.05, 3.63) is 29.0 Å². The van der Waals surface area contributed by atoms with E-state index in [1.54, 1.807) is 7.05 Å². The van der Waals surface area contributed by atoms with Crippen molar-refractivity contribution in [2.24, 2.45) is 0 Å². The lowest BCUT2D eigenvalue weighted by Gasteiger charge is -2.08. The fourth-order valence-electron chi connectivity index (χ4n) is 1.28. The van der Waals surface area contributed by atoms with Crippen molar-refractivity contribution in [2.75, 3.05) is 20.1 Å². The average Bonchev–Trinajstić information content (AvgIpc) is 2.24. The molecular formula is C10H15Cl2FN2O2S. The van der Waals surface area contributed by atoms with Gasteiger partial charge in [-0.05, 0) is 32.1 Å². The van der Waals surface area contributed by atoms with E-state index in [1.807, 2.05) is 0 Å². The highest BCUT2D eigenvalue weighted by Gasteiger charge is 2.21. The zero-order chi connectivity index (χ0) is 12.9. The highest BCUT2D eigenvalue weighted by atomic mass is 35.5. The average molecular weight is 317 g/mol. The highest BCUT2D eigenvalue weighted by Crippen LogP contribution is 2.23. The van der Waals surface area contributed by atoms with Crippen molar-refractivity contribution in [1.29, 1.82) is 0 Å². The Balaban J connectivity index is 0.00000289. The van der Waals surface area contributed by atoms with E-state index in [9.17, 15) is 12.8 Å². The van der Waals surface area contributed by atoms with Crippen LogP contribution < -0.4 is 10.0 Å². The standard InChI is InChI=1S/C10H14ClFN2O2S.ClH/c1-13-6-3-7-14-17(15,16)10-8(11)4-2-5-9(10)12;/h2,4-5,13-14H,3,6-7H2,1H3;1H. The summed E-state index contributed by atoms with van der Waals surface area (Å²) in [7, 11) is -2.12. The van der Waals surface area contributed by atoms with Crippen LogP contribution in [-0.2, 0) is 10.0 Å². The molecule has 8 heteroatoms. The quantitative estimate of drug-likeness (QED) is 0.787. The van der Waals surface area contributed by atoms with Gasteiger partial charge in [0, 0.05) is 6.54 Å². The van der Waals surface area contributed by atoms with Crippen molar-refractivity contribution in [3.63, 3.8) is 0 Å². The van der Waals surface area contributed by atoms with Crippen LogP contribution in [0.5, 0.6) is 0 Å². The second kappa shape index (κ2) is 7.91. The Kier molecular flexibility index (Phi) is 7.73. The molecule has 0 fully saturated rings. The van der Waals surface area contributed by atoms with Gasteiger partial charge >= 0.3 is 0 Å². The summed E-state index contributed by atoms with van der Waals surface area (Å²) in [5.41, 5.74) is 0. The first kappa shape index (κ1) is 17.6. The maximum atomic E-state index is 13.4. The van der Waals surface area contributed by atoms with Gasteiger partial charge in [-0.3, -0.25) is 0 Å². The zero-order valence-corrected chi connectivity index (χ0v) is 12.1. The molecule has 0 aliphatic carbocycles. The summed E-state index contributed by atoms with van der Waals surface area (Å²) in [5.74, 6) is -0.849. The van der Waals surface area contributed by atoms with Crippen LogP contribution in [0.1, 0.15) is 6.42 Å². The fraction of sp³-hybridized carbons (Fsp3) is 0.400. The molecule has 4 nitrogen and oxygen atoms in total. The molecule has 0 radical (unpaired) electrons. The molecule has 0 saturated heterocycles. The first-order valence-corrected chi connectivity index (χ1v) is 6.93. The fourth-order valence-corrected chi connectivity index (χ4v) is 2.96. The molecule has 0 aliphatic rings. The van der Waals surface area contributed by atoms with Crippen molar-refractivity contribution in [3.8, 4) is 0 Å². The van der Waals surface area contributed by atoms with Gasteiger partial charge in [-0.25, -0.2) is 17.5 Å². The molecule has 0 unspecified atom stereocenters. The molecule has 0 spiro atoms. The van der Waals surface area contributed by atoms with Crippen molar-refractivity contribution < 1.29 is 12.8 Å². The van der Waals surface area contributed by atoms with Gasteiger partial charge in [0.1, 0.15) is 10.7 Å². The summed E-state index contributed by atoms with van der Waals surface area (Å²) < 4.78 is 39.3. The summed E-state index contributed by atoms with van der Waals surface area (Å²) in [6.45, 7) is 0.904. The third-order valence-corrected chi connectivity index (χ3v) is 4.05. The van der Waals surface area contributed by atoms with Crippen LogP contribution in [-0.4, -0.2) is 28.6 Å². The van der Waals surface area contributed by atoms with Crippen LogP contribution in [0.2, 0.25) is 5.02 Å². The summed E-state index contributed by atoms with van der Waals surface area (Å²) in [5, 5.41) is 2.76. The van der Waals surface area contributed by atoms with Gasteiger partial charge in [0.25, 0.3) is 0 Å². The predicted molar refractivity (Wildman–Crippen MR) is 72.4 cm³/mol. The normalized spacial score (nSPS) is 11.1. The number of hydrogen-bond donors (Lipinski definition) is 2. The van der Waals surface area contributed by atoms with Crippen molar-refractivity contribution in [1.82, 2.24) is 10.0 Å². The predicted octanol–water partition coefficient (Wildman–Crippen LogP) is 1.79. The molecule has 0 aromatic heterocycles. The lowest BCUT2D eigenvalue weighted by Crippen LogP contribution is -2.27. The Morgan fingerprint density at radius 1 is 1.33 bits per heavy atom. The molecule has 104 valence electrons. The Hall–Kier alpha value is -0.400. The van der Waals surface area contributed by atoms with E-state index in [-0.39, 0.29) is 24.0 Å². The first-order chi connectivity index (χ1) is 7.99. The van der Waals surface area contributed by atoms with Gasteiger partial charge in [0.15, 0.2) is 0 Å². The highest BCUT2D eigenvalue weighted by molar-refractivity contribution is 7.89. The molecule has 0 heterocycles. The largest absolute Gasteiger partial charge is 0.320 e. The van der Waals surface area contributed by atoms with Gasteiger partial charge in [0.2, 0.25) is 10.0 Å². The minimum atomic E-state index is -3.89. The number of hydrogen-bond acceptors (Lipinski definition) is 3. The van der Waals surface area contributed by atoms with Gasteiger partial charge in [-0.15, -0.1) is 12.4 Å². The van der Waals surface area contributed by atoms with E-state index in [4.69, 9.17) is 11.6 Å². The third-order valence-electron chi connectivity index (χ3n) is 2.08. The van der Waals surface area contributed by atoms with E-state index in [2.05, 4.69) is 10.0 Å². The van der Waals surface area contributed by atoms with Crippen LogP contribution in [0.15, 0.2) is 23.1 Å². The Morgan fingerprint density at radius 2 is 2.00 bits per heavy atom. The smallest absolute Gasteiger partial charge is 0.244 e. The first-order valence-electron chi connectivity index (χ1n) is 5.07. The minimum Gasteiger partial charge on any atom is -0.320 e. The van der Waals surface area contributed by atoms with Gasteiger partial charge in [0.05, 0.1) is 5.02 Å². The van der Waals surface area contributed by atoms with E-state index >= 15 is 0 Å². The molecule has 0 aliphatic heterocycles. The molecule has 1 rings (SSSR count). The topological polar surface area (TPSA) is 58.2 Å². The van der Waals surface area contributed by atoms with Crippen LogP contribution in [0.4, 0.5) is 4.39 Å². The van der Waals surface area contributed by atoms with E-state index < -0.39 is 20.7 Å². The molecule has 0 saturated carbocycles. The van der Waals surface area contributed by atoms with Crippen LogP contribution in [0, 0.1) is 5.82 Å². The summed E-state index contributed by atoms with van der Waals surface area (Å²) >= 11 is 5.68. The number of benzene rings is 1. The lowest BCUT2D eigenvalue weighted by atomic mass is 10.3. The Labute approximate surface area is 117 Å². The molecule has 0 bridgehead atoms. The summed E-state index contributed by atoms with van der Waals surface area (Å²) in [4.78, 5) is -0.494. The van der Waals surface area contributed by atoms with Crippen LogP contribution in [0.25, 0.3) is 0 Å². The maximum Gasteiger partial charge on any atom is 0.244 e. The SMILES string of the molecule is CNCCCNS(=O)(=O)c1c(F)cccc1Cl.Cl. The molecular weight excluding hydrogens is 302 g/mol. The molecule has 0 atom stereocenters. The number of halogens is 3. The summed E-state index contributed by atoms with van der Waals surface area (Å²) in [6, 6.07) is 3.76. The molecule has 1 aromatic rings. The maximum absolute atomic E-state index is 13.4. The number of nitrogens with one attached hydrogen (secondary N) is 2. The number of sulfonamides is 1. The van der Waals surface area contributed by atoms with Gasteiger partial charge in [-0.1, -0.05) is 17.7 Å². The van der Waals surface area contributed by atoms with Gasteiger partial charge in [-0.2, -0.15) is 0 Å². The third kappa shape index (κ3) is 4.70. The van der Waals surface area contributed by atoms with Crippen LogP contribution in [0.3, 0.4) is 0 Å². The molecule has 18 heavy (non-hydrogen) atoms. The lowest BCUT2D eigenvalue weighted by molar-refractivity contribution is 0.554. The van der Waals surface area contributed by atoms with Crippen molar-refractivity contribution >= 4 is 34.0 Å². The van der Waals surface area contributed by atoms with Gasteiger partial charge < -0.3 is 5.32 Å². The monoisotopic (exact) mass is 316 g/mol. The molecule has 1 aromatic carbocycles. The second-order valence-electron chi connectivity index (χ2n) is 3.41. The zero-order valence-electron chi connectivity index (χ0n) is 9.74. The van der Waals surface area contributed by atoms with Crippen molar-refractivity contribution in [2.45, 2.75) is 11.3 Å². The Bertz CT molecular complexity index is 463. The van der Waals surface area contributed by atoms with E-state index in [0.29, 0.717) is 13.0 Å². The summed E-state index contributed by atoms with van der Waals surface area (Å²) in [6.07, 6.45) is 0.613. The number of rotatable bonds is 6. The van der Waals surface area contributed by atoms with Crippen LogP contribution >= 0.6 is 24.0 Å². The van der Waals surface area contributed by atoms with E-state index in [0.717, 1.165) is 6.07 Å². The second-order valence-corrected chi connectivity index (χ2v) is 5.52.